The van der Waals surface area contributed by atoms with Gasteiger partial charge in [-0.05, 0) is 24.4 Å². The van der Waals surface area contributed by atoms with E-state index in [0.29, 0.717) is 13.0 Å². The zero-order chi connectivity index (χ0) is 14.0. The maximum absolute atomic E-state index is 12.7. The molecule has 0 radical (unpaired) electrons. The van der Waals surface area contributed by atoms with Gasteiger partial charge in [-0.2, -0.15) is 28.1 Å². The lowest BCUT2D eigenvalue weighted by Crippen LogP contribution is -2.42. The molecular weight excluding hydrogens is 283 g/mol. The Morgan fingerprint density at radius 3 is 2.68 bits per heavy atom. The molecule has 19 heavy (non-hydrogen) atoms. The van der Waals surface area contributed by atoms with Crippen LogP contribution >= 0.6 is 11.6 Å². The molecule has 1 unspecified atom stereocenters. The first-order chi connectivity index (χ1) is 8.90. The van der Waals surface area contributed by atoms with Gasteiger partial charge in [-0.1, -0.05) is 0 Å². The summed E-state index contributed by atoms with van der Waals surface area (Å²) in [7, 11) is 1.60. The van der Waals surface area contributed by atoms with E-state index < -0.39 is 12.1 Å². The number of aromatic nitrogens is 3. The molecule has 1 fully saturated rings. The minimum Gasteiger partial charge on any atom is -0.357 e. The number of anilines is 2. The van der Waals surface area contributed by atoms with Gasteiger partial charge in [0.15, 0.2) is 0 Å². The third kappa shape index (κ3) is 3.37. The molecule has 0 aromatic carbocycles. The lowest BCUT2D eigenvalue weighted by atomic mass is 9.98. The van der Waals surface area contributed by atoms with Crippen LogP contribution in [0.5, 0.6) is 0 Å². The number of nitrogens with zero attached hydrogens (tertiary/aromatic N) is 4. The molecule has 0 aliphatic carbocycles. The maximum Gasteiger partial charge on any atom is 0.393 e. The molecule has 2 rings (SSSR count). The Bertz CT molecular complexity index is 453. The molecule has 1 saturated heterocycles. The van der Waals surface area contributed by atoms with Gasteiger partial charge in [-0.3, -0.25) is 0 Å². The van der Waals surface area contributed by atoms with Crippen LogP contribution in [0.4, 0.5) is 25.1 Å². The minimum absolute atomic E-state index is 0.0384. The van der Waals surface area contributed by atoms with Crippen LogP contribution in [0.15, 0.2) is 0 Å². The van der Waals surface area contributed by atoms with Crippen molar-refractivity contribution in [3.63, 3.8) is 0 Å². The maximum atomic E-state index is 12.7. The van der Waals surface area contributed by atoms with Crippen LogP contribution in [0.1, 0.15) is 12.8 Å². The van der Waals surface area contributed by atoms with Crippen LogP contribution in [-0.4, -0.2) is 41.3 Å². The second-order valence-electron chi connectivity index (χ2n) is 4.30. The lowest BCUT2D eigenvalue weighted by Gasteiger charge is -2.33. The molecule has 5 nitrogen and oxygen atoms in total. The van der Waals surface area contributed by atoms with E-state index in [1.165, 1.54) is 4.90 Å². The van der Waals surface area contributed by atoms with E-state index in [1.54, 1.807) is 7.05 Å². The average molecular weight is 296 g/mol. The molecule has 0 spiro atoms. The Kier molecular flexibility index (Phi) is 3.98. The van der Waals surface area contributed by atoms with Gasteiger partial charge in [0, 0.05) is 20.1 Å². The third-order valence-corrected chi connectivity index (χ3v) is 3.16. The number of rotatable bonds is 2. The first-order valence-corrected chi connectivity index (χ1v) is 6.19. The van der Waals surface area contributed by atoms with E-state index in [4.69, 9.17) is 11.6 Å². The topological polar surface area (TPSA) is 53.9 Å². The van der Waals surface area contributed by atoms with E-state index in [1.807, 2.05) is 0 Å². The summed E-state index contributed by atoms with van der Waals surface area (Å²) < 4.78 is 38.2. The predicted molar refractivity (Wildman–Crippen MR) is 65.4 cm³/mol. The van der Waals surface area contributed by atoms with E-state index in [0.717, 1.165) is 0 Å². The molecule has 0 bridgehead atoms. The smallest absolute Gasteiger partial charge is 0.357 e. The number of piperidine rings is 1. The van der Waals surface area contributed by atoms with Crippen molar-refractivity contribution in [2.45, 2.75) is 19.0 Å². The second-order valence-corrected chi connectivity index (χ2v) is 4.64. The highest BCUT2D eigenvalue weighted by Gasteiger charge is 2.42. The van der Waals surface area contributed by atoms with Crippen LogP contribution in [0, 0.1) is 5.92 Å². The fraction of sp³-hybridized carbons (Fsp3) is 0.700. The molecule has 0 amide bonds. The molecule has 1 aromatic heterocycles. The SMILES string of the molecule is CNc1nc(Cl)nc(N2CCCC(C(F)(F)F)C2)n1. The molecule has 106 valence electrons. The monoisotopic (exact) mass is 295 g/mol. The zero-order valence-corrected chi connectivity index (χ0v) is 11.0. The average Bonchev–Trinajstić information content (AvgIpc) is 2.37. The molecule has 1 aromatic rings. The Hall–Kier alpha value is -1.31. The fourth-order valence-corrected chi connectivity index (χ4v) is 2.17. The molecule has 1 N–H and O–H groups in total. The van der Waals surface area contributed by atoms with Gasteiger partial charge in [0.1, 0.15) is 0 Å². The van der Waals surface area contributed by atoms with Crippen molar-refractivity contribution in [2.24, 2.45) is 5.92 Å². The van der Waals surface area contributed by atoms with Gasteiger partial charge < -0.3 is 10.2 Å². The van der Waals surface area contributed by atoms with Gasteiger partial charge >= 0.3 is 6.18 Å². The summed E-state index contributed by atoms with van der Waals surface area (Å²) in [4.78, 5) is 13.2. The van der Waals surface area contributed by atoms with E-state index in [-0.39, 0.29) is 30.1 Å². The third-order valence-electron chi connectivity index (χ3n) is 2.99. The van der Waals surface area contributed by atoms with Gasteiger partial charge in [-0.15, -0.1) is 0 Å². The highest BCUT2D eigenvalue weighted by Crippen LogP contribution is 2.34. The van der Waals surface area contributed by atoms with Crippen molar-refractivity contribution in [2.75, 3.05) is 30.4 Å². The molecule has 1 atom stereocenters. The summed E-state index contributed by atoms with van der Waals surface area (Å²) >= 11 is 5.72. The molecule has 0 saturated carbocycles. The minimum atomic E-state index is -4.19. The predicted octanol–water partition coefficient (Wildman–Crippen LogP) is 2.35. The van der Waals surface area contributed by atoms with Crippen LogP contribution < -0.4 is 10.2 Å². The molecular formula is C10H13ClF3N5. The van der Waals surface area contributed by atoms with Gasteiger partial charge in [0.2, 0.25) is 17.2 Å². The van der Waals surface area contributed by atoms with Crippen molar-refractivity contribution in [3.8, 4) is 0 Å². The molecule has 9 heteroatoms. The quantitative estimate of drug-likeness (QED) is 0.907. The van der Waals surface area contributed by atoms with Crippen LogP contribution in [0.25, 0.3) is 0 Å². The zero-order valence-electron chi connectivity index (χ0n) is 10.2. The second kappa shape index (κ2) is 5.36. The van der Waals surface area contributed by atoms with Crippen LogP contribution in [0.3, 0.4) is 0 Å². The molecule has 1 aliphatic heterocycles. The van der Waals surface area contributed by atoms with E-state index >= 15 is 0 Å². The number of hydrogen-bond acceptors (Lipinski definition) is 5. The summed E-state index contributed by atoms with van der Waals surface area (Å²) in [5.41, 5.74) is 0. The highest BCUT2D eigenvalue weighted by atomic mass is 35.5. The number of alkyl halides is 3. The summed E-state index contributed by atoms with van der Waals surface area (Å²) in [6, 6.07) is 0. The van der Waals surface area contributed by atoms with Crippen LogP contribution in [-0.2, 0) is 0 Å². The standard InChI is InChI=1S/C10H13ClF3N5/c1-15-8-16-7(11)17-9(18-8)19-4-2-3-6(5-19)10(12,13)14/h6H,2-5H2,1H3,(H,15,16,17,18). The van der Waals surface area contributed by atoms with Gasteiger partial charge in [-0.25, -0.2) is 0 Å². The van der Waals surface area contributed by atoms with Gasteiger partial charge in [0.05, 0.1) is 5.92 Å². The Labute approximate surface area is 113 Å². The highest BCUT2D eigenvalue weighted by molar-refractivity contribution is 6.28. The molecule has 1 aliphatic rings. The van der Waals surface area contributed by atoms with Crippen molar-refractivity contribution < 1.29 is 13.2 Å². The first-order valence-electron chi connectivity index (χ1n) is 5.81. The number of hydrogen-bond donors (Lipinski definition) is 1. The van der Waals surface area contributed by atoms with Crippen LogP contribution in [0.2, 0.25) is 5.28 Å². The van der Waals surface area contributed by atoms with Gasteiger partial charge in [0.25, 0.3) is 0 Å². The Morgan fingerprint density at radius 2 is 2.05 bits per heavy atom. The van der Waals surface area contributed by atoms with Crippen molar-refractivity contribution >= 4 is 23.5 Å². The van der Waals surface area contributed by atoms with Crippen molar-refractivity contribution in [1.82, 2.24) is 15.0 Å². The largest absolute Gasteiger partial charge is 0.393 e. The van der Waals surface area contributed by atoms with E-state index in [2.05, 4.69) is 20.3 Å². The first kappa shape index (κ1) is 14.1. The fourth-order valence-electron chi connectivity index (χ4n) is 2.02. The Balaban J connectivity index is 2.19. The van der Waals surface area contributed by atoms with Crippen molar-refractivity contribution in [3.05, 3.63) is 5.28 Å². The number of nitrogens with one attached hydrogen (secondary N) is 1. The normalized spacial score (nSPS) is 20.5. The van der Waals surface area contributed by atoms with E-state index in [9.17, 15) is 13.2 Å². The summed E-state index contributed by atoms with van der Waals surface area (Å²) in [5.74, 6) is -0.933. The lowest BCUT2D eigenvalue weighted by molar-refractivity contribution is -0.176. The summed E-state index contributed by atoms with van der Waals surface area (Å²) in [6.07, 6.45) is -3.61. The summed E-state index contributed by atoms with van der Waals surface area (Å²) in [6.45, 7) is 0.336. The molecule has 2 heterocycles. The van der Waals surface area contributed by atoms with Crippen molar-refractivity contribution in [1.29, 1.82) is 0 Å². The number of halogens is 4. The summed E-state index contributed by atoms with van der Waals surface area (Å²) in [5, 5.41) is 2.65. The Morgan fingerprint density at radius 1 is 1.32 bits per heavy atom.